The zero-order valence-corrected chi connectivity index (χ0v) is 10.8. The molecule has 2 rings (SSSR count). The lowest BCUT2D eigenvalue weighted by Gasteiger charge is -2.25. The highest BCUT2D eigenvalue weighted by molar-refractivity contribution is 7.99. The van der Waals surface area contributed by atoms with Gasteiger partial charge in [0.15, 0.2) is 0 Å². The molecular weight excluding hydrogens is 214 g/mol. The van der Waals surface area contributed by atoms with E-state index in [4.69, 9.17) is 5.73 Å². The molecule has 88 valence electrons. The fourth-order valence-corrected chi connectivity index (χ4v) is 3.57. The molecule has 1 aromatic carbocycles. The van der Waals surface area contributed by atoms with E-state index < -0.39 is 0 Å². The van der Waals surface area contributed by atoms with Crippen molar-refractivity contribution in [1.82, 2.24) is 0 Å². The second-order valence-electron chi connectivity index (χ2n) is 4.65. The summed E-state index contributed by atoms with van der Waals surface area (Å²) in [4.78, 5) is 0. The van der Waals surface area contributed by atoms with Crippen LogP contribution in [-0.4, -0.2) is 18.1 Å². The van der Waals surface area contributed by atoms with Crippen LogP contribution in [0.25, 0.3) is 0 Å². The summed E-state index contributed by atoms with van der Waals surface area (Å²) in [7, 11) is 0. The van der Waals surface area contributed by atoms with Crippen LogP contribution < -0.4 is 5.73 Å². The summed E-state index contributed by atoms with van der Waals surface area (Å²) in [5.74, 6) is 3.89. The molecule has 1 aromatic rings. The van der Waals surface area contributed by atoms with Crippen molar-refractivity contribution in [3.63, 3.8) is 0 Å². The van der Waals surface area contributed by atoms with Crippen LogP contribution >= 0.6 is 11.8 Å². The van der Waals surface area contributed by atoms with Gasteiger partial charge in [-0.1, -0.05) is 31.2 Å². The van der Waals surface area contributed by atoms with Crippen molar-refractivity contribution >= 4 is 11.8 Å². The molecule has 16 heavy (non-hydrogen) atoms. The topological polar surface area (TPSA) is 26.0 Å². The van der Waals surface area contributed by atoms with Gasteiger partial charge in [-0.2, -0.15) is 11.8 Å². The number of benzene rings is 1. The standard InChI is InChI=1S/C14H21NS/c1-11(10-15)13-4-2-3-5-14(13)12-6-8-16-9-7-12/h2-5,11-12H,6-10,15H2,1H3. The zero-order chi connectivity index (χ0) is 11.4. The molecule has 0 amide bonds. The van der Waals surface area contributed by atoms with Crippen molar-refractivity contribution in [2.24, 2.45) is 5.73 Å². The molecule has 0 saturated carbocycles. The van der Waals surface area contributed by atoms with E-state index in [9.17, 15) is 0 Å². The number of nitrogens with two attached hydrogens (primary N) is 1. The van der Waals surface area contributed by atoms with Crippen LogP contribution in [0.5, 0.6) is 0 Å². The first-order valence-corrected chi connectivity index (χ1v) is 7.35. The highest BCUT2D eigenvalue weighted by Crippen LogP contribution is 2.35. The third kappa shape index (κ3) is 2.61. The molecule has 1 atom stereocenters. The first kappa shape index (κ1) is 12.0. The van der Waals surface area contributed by atoms with E-state index in [2.05, 4.69) is 43.0 Å². The minimum atomic E-state index is 0.491. The van der Waals surface area contributed by atoms with Crippen LogP contribution in [0.15, 0.2) is 24.3 Å². The van der Waals surface area contributed by atoms with Gasteiger partial charge in [-0.05, 0) is 53.9 Å². The molecule has 2 heteroatoms. The van der Waals surface area contributed by atoms with Gasteiger partial charge >= 0.3 is 0 Å². The van der Waals surface area contributed by atoms with E-state index in [1.165, 1.54) is 29.9 Å². The Bertz CT molecular complexity index is 331. The Balaban J connectivity index is 2.24. The third-order valence-corrected chi connectivity index (χ3v) is 4.59. The molecule has 1 fully saturated rings. The zero-order valence-electron chi connectivity index (χ0n) is 9.99. The normalized spacial score (nSPS) is 19.6. The summed E-state index contributed by atoms with van der Waals surface area (Å²) in [6.45, 7) is 2.98. The molecule has 1 aliphatic rings. The van der Waals surface area contributed by atoms with Gasteiger partial charge < -0.3 is 5.73 Å². The Morgan fingerprint density at radius 1 is 1.31 bits per heavy atom. The summed E-state index contributed by atoms with van der Waals surface area (Å²) in [5, 5.41) is 0. The van der Waals surface area contributed by atoms with Gasteiger partial charge in [0.25, 0.3) is 0 Å². The monoisotopic (exact) mass is 235 g/mol. The fourth-order valence-electron chi connectivity index (χ4n) is 2.47. The first-order valence-electron chi connectivity index (χ1n) is 6.19. The molecule has 2 N–H and O–H groups in total. The molecule has 1 nitrogen and oxygen atoms in total. The molecule has 1 heterocycles. The lowest BCUT2D eigenvalue weighted by Crippen LogP contribution is -2.15. The summed E-state index contributed by atoms with van der Waals surface area (Å²) in [5.41, 5.74) is 8.83. The van der Waals surface area contributed by atoms with Crippen molar-refractivity contribution in [3.05, 3.63) is 35.4 Å². The Kier molecular flexibility index (Phi) is 4.30. The maximum Gasteiger partial charge on any atom is -0.00108 e. The van der Waals surface area contributed by atoms with Gasteiger partial charge in [-0.3, -0.25) is 0 Å². The second kappa shape index (κ2) is 5.74. The fraction of sp³-hybridized carbons (Fsp3) is 0.571. The van der Waals surface area contributed by atoms with Gasteiger partial charge in [-0.25, -0.2) is 0 Å². The van der Waals surface area contributed by atoms with Gasteiger partial charge in [0.1, 0.15) is 0 Å². The maximum atomic E-state index is 5.80. The largest absolute Gasteiger partial charge is 0.330 e. The van der Waals surface area contributed by atoms with Gasteiger partial charge in [0.05, 0.1) is 0 Å². The van der Waals surface area contributed by atoms with Crippen molar-refractivity contribution in [2.75, 3.05) is 18.1 Å². The van der Waals surface area contributed by atoms with Gasteiger partial charge in [0.2, 0.25) is 0 Å². The van der Waals surface area contributed by atoms with E-state index >= 15 is 0 Å². The van der Waals surface area contributed by atoms with E-state index in [1.807, 2.05) is 0 Å². The smallest absolute Gasteiger partial charge is 0.00108 e. The van der Waals surface area contributed by atoms with Crippen LogP contribution in [0.3, 0.4) is 0 Å². The molecule has 0 spiro atoms. The summed E-state index contributed by atoms with van der Waals surface area (Å²) < 4.78 is 0. The van der Waals surface area contributed by atoms with Gasteiger partial charge in [0, 0.05) is 0 Å². The van der Waals surface area contributed by atoms with E-state index in [0.29, 0.717) is 5.92 Å². The molecule has 0 aromatic heterocycles. The average molecular weight is 235 g/mol. The molecule has 1 unspecified atom stereocenters. The SMILES string of the molecule is CC(CN)c1ccccc1C1CCSCC1. The molecule has 0 aliphatic carbocycles. The highest BCUT2D eigenvalue weighted by Gasteiger charge is 2.19. The third-order valence-electron chi connectivity index (χ3n) is 3.54. The highest BCUT2D eigenvalue weighted by atomic mass is 32.2. The molecule has 0 bridgehead atoms. The van der Waals surface area contributed by atoms with Crippen molar-refractivity contribution in [1.29, 1.82) is 0 Å². The van der Waals surface area contributed by atoms with E-state index in [-0.39, 0.29) is 0 Å². The predicted octanol–water partition coefficient (Wildman–Crippen LogP) is 3.36. The quantitative estimate of drug-likeness (QED) is 0.869. The second-order valence-corrected chi connectivity index (χ2v) is 5.88. The Morgan fingerprint density at radius 2 is 2.00 bits per heavy atom. The number of hydrogen-bond acceptors (Lipinski definition) is 2. The van der Waals surface area contributed by atoms with Gasteiger partial charge in [-0.15, -0.1) is 0 Å². The predicted molar refractivity (Wildman–Crippen MR) is 73.2 cm³/mol. The molecule has 1 saturated heterocycles. The number of rotatable bonds is 3. The minimum Gasteiger partial charge on any atom is -0.330 e. The summed E-state index contributed by atoms with van der Waals surface area (Å²) in [6, 6.07) is 8.88. The van der Waals surface area contributed by atoms with Crippen LogP contribution in [0.2, 0.25) is 0 Å². The van der Waals surface area contributed by atoms with Crippen molar-refractivity contribution in [3.8, 4) is 0 Å². The number of thioether (sulfide) groups is 1. The molecular formula is C14H21NS. The summed E-state index contributed by atoms with van der Waals surface area (Å²) in [6.07, 6.45) is 2.66. The summed E-state index contributed by atoms with van der Waals surface area (Å²) >= 11 is 2.09. The van der Waals surface area contributed by atoms with Crippen molar-refractivity contribution in [2.45, 2.75) is 31.6 Å². The van der Waals surface area contributed by atoms with Crippen molar-refractivity contribution < 1.29 is 0 Å². The van der Waals surface area contributed by atoms with Crippen LogP contribution in [-0.2, 0) is 0 Å². The Labute approximate surface area is 103 Å². The maximum absolute atomic E-state index is 5.80. The average Bonchev–Trinajstić information content (AvgIpc) is 2.39. The lowest BCUT2D eigenvalue weighted by molar-refractivity contribution is 0.620. The van der Waals surface area contributed by atoms with E-state index in [0.717, 1.165) is 12.5 Å². The molecule has 0 radical (unpaired) electrons. The van der Waals surface area contributed by atoms with Crippen LogP contribution in [0.4, 0.5) is 0 Å². The Morgan fingerprint density at radius 3 is 2.69 bits per heavy atom. The van der Waals surface area contributed by atoms with Crippen LogP contribution in [0.1, 0.15) is 42.7 Å². The number of hydrogen-bond donors (Lipinski definition) is 1. The molecule has 1 aliphatic heterocycles. The lowest BCUT2D eigenvalue weighted by atomic mass is 9.85. The first-order chi connectivity index (χ1) is 7.83. The van der Waals surface area contributed by atoms with Crippen LogP contribution in [0, 0.1) is 0 Å². The Hall–Kier alpha value is -0.470. The van der Waals surface area contributed by atoms with E-state index in [1.54, 1.807) is 5.56 Å². The minimum absolute atomic E-state index is 0.491.